The van der Waals surface area contributed by atoms with Crippen molar-refractivity contribution in [3.05, 3.63) is 23.8 Å². The Hall–Kier alpha value is -1.78. The number of ether oxygens (including phenoxy) is 3. The van der Waals surface area contributed by atoms with Gasteiger partial charge in [-0.3, -0.25) is 4.79 Å². The standard InChI is InChI=1S/C14H15FO4/c15-3-4-19-14(16)11-8-10(11)9-1-2-12-13(7-9)18-6-5-17-12/h1-2,7,10-11H,3-6,8H2/t10-,11+/m0/s1. The molecule has 1 fully saturated rings. The third-order valence-electron chi connectivity index (χ3n) is 3.41. The molecule has 0 unspecified atom stereocenters. The smallest absolute Gasteiger partial charge is 0.309 e. The molecule has 2 aliphatic rings. The fraction of sp³-hybridized carbons (Fsp3) is 0.500. The molecular formula is C14H15FO4. The monoisotopic (exact) mass is 266 g/mol. The second-order valence-electron chi connectivity index (χ2n) is 4.71. The highest BCUT2D eigenvalue weighted by atomic mass is 19.1. The van der Waals surface area contributed by atoms with Gasteiger partial charge < -0.3 is 14.2 Å². The first kappa shape index (κ1) is 12.3. The summed E-state index contributed by atoms with van der Waals surface area (Å²) < 4.78 is 27.7. The van der Waals surface area contributed by atoms with Crippen LogP contribution in [0.3, 0.4) is 0 Å². The van der Waals surface area contributed by atoms with Crippen molar-refractivity contribution in [2.75, 3.05) is 26.5 Å². The van der Waals surface area contributed by atoms with Gasteiger partial charge in [0.15, 0.2) is 11.5 Å². The number of fused-ring (bicyclic) bond motifs is 1. The molecule has 2 atom stereocenters. The Morgan fingerprint density at radius 2 is 2.11 bits per heavy atom. The Balaban J connectivity index is 1.66. The third kappa shape index (κ3) is 2.50. The maximum Gasteiger partial charge on any atom is 0.309 e. The van der Waals surface area contributed by atoms with E-state index in [1.54, 1.807) is 0 Å². The van der Waals surface area contributed by atoms with Gasteiger partial charge in [0.05, 0.1) is 5.92 Å². The van der Waals surface area contributed by atoms with Crippen LogP contribution in [0.4, 0.5) is 4.39 Å². The molecule has 4 nitrogen and oxygen atoms in total. The first-order valence-corrected chi connectivity index (χ1v) is 6.41. The number of halogens is 1. The molecule has 5 heteroatoms. The summed E-state index contributed by atoms with van der Waals surface area (Å²) in [7, 11) is 0. The van der Waals surface area contributed by atoms with E-state index in [0.29, 0.717) is 13.2 Å². The summed E-state index contributed by atoms with van der Waals surface area (Å²) in [6.45, 7) is 0.327. The Morgan fingerprint density at radius 3 is 2.89 bits per heavy atom. The lowest BCUT2D eigenvalue weighted by Crippen LogP contribution is -2.15. The van der Waals surface area contributed by atoms with Crippen LogP contribution >= 0.6 is 0 Å². The molecule has 1 saturated carbocycles. The highest BCUT2D eigenvalue weighted by Gasteiger charge is 2.45. The SMILES string of the molecule is O=C(OCCF)[C@@H]1C[C@H]1c1ccc2c(c1)OCCO2. The largest absolute Gasteiger partial charge is 0.486 e. The van der Waals surface area contributed by atoms with Crippen LogP contribution in [-0.2, 0) is 9.53 Å². The van der Waals surface area contributed by atoms with Crippen molar-refractivity contribution in [2.24, 2.45) is 5.92 Å². The number of esters is 1. The number of hydrogen-bond donors (Lipinski definition) is 0. The lowest BCUT2D eigenvalue weighted by atomic mass is 10.1. The molecule has 1 aromatic carbocycles. The maximum atomic E-state index is 11.9. The molecule has 0 amide bonds. The molecule has 0 spiro atoms. The number of carbonyl (C=O) groups is 1. The molecule has 0 saturated heterocycles. The van der Waals surface area contributed by atoms with Gasteiger partial charge in [-0.2, -0.15) is 0 Å². The highest BCUT2D eigenvalue weighted by Crippen LogP contribution is 2.49. The zero-order valence-corrected chi connectivity index (χ0v) is 10.4. The van der Waals surface area contributed by atoms with Gasteiger partial charge in [-0.15, -0.1) is 0 Å². The Labute approximate surface area is 110 Å². The van der Waals surface area contributed by atoms with Crippen LogP contribution in [0.25, 0.3) is 0 Å². The number of rotatable bonds is 4. The molecule has 1 aliphatic carbocycles. The van der Waals surface area contributed by atoms with Crippen molar-refractivity contribution in [1.29, 1.82) is 0 Å². The van der Waals surface area contributed by atoms with Gasteiger partial charge in [-0.1, -0.05) is 6.07 Å². The molecule has 1 heterocycles. The molecule has 1 aliphatic heterocycles. The van der Waals surface area contributed by atoms with E-state index in [4.69, 9.17) is 14.2 Å². The lowest BCUT2D eigenvalue weighted by molar-refractivity contribution is -0.145. The molecule has 0 bridgehead atoms. The molecular weight excluding hydrogens is 251 g/mol. The second-order valence-corrected chi connectivity index (χ2v) is 4.71. The quantitative estimate of drug-likeness (QED) is 0.783. The topological polar surface area (TPSA) is 44.8 Å². The predicted molar refractivity (Wildman–Crippen MR) is 65.2 cm³/mol. The van der Waals surface area contributed by atoms with Crippen molar-refractivity contribution in [3.63, 3.8) is 0 Å². The van der Waals surface area contributed by atoms with Crippen LogP contribution in [0.2, 0.25) is 0 Å². The van der Waals surface area contributed by atoms with Crippen LogP contribution in [0, 0.1) is 5.92 Å². The maximum absolute atomic E-state index is 11.9. The number of alkyl halides is 1. The van der Waals surface area contributed by atoms with Crippen LogP contribution in [0.15, 0.2) is 18.2 Å². The highest BCUT2D eigenvalue weighted by molar-refractivity contribution is 5.77. The van der Waals surface area contributed by atoms with E-state index in [9.17, 15) is 9.18 Å². The minimum atomic E-state index is -0.632. The van der Waals surface area contributed by atoms with Crippen molar-refractivity contribution in [2.45, 2.75) is 12.3 Å². The summed E-state index contributed by atoms with van der Waals surface area (Å²) in [6, 6.07) is 5.73. The molecule has 102 valence electrons. The van der Waals surface area contributed by atoms with E-state index in [1.165, 1.54) is 0 Å². The van der Waals surface area contributed by atoms with Gasteiger partial charge in [0, 0.05) is 0 Å². The first-order valence-electron chi connectivity index (χ1n) is 6.41. The van der Waals surface area contributed by atoms with E-state index in [0.717, 1.165) is 23.5 Å². The molecule has 0 N–H and O–H groups in total. The van der Waals surface area contributed by atoms with Crippen LogP contribution in [0.1, 0.15) is 17.9 Å². The average Bonchev–Trinajstić information content (AvgIpc) is 3.24. The Bertz CT molecular complexity index is 488. The van der Waals surface area contributed by atoms with Crippen LogP contribution < -0.4 is 9.47 Å². The van der Waals surface area contributed by atoms with E-state index in [1.807, 2.05) is 18.2 Å². The summed E-state index contributed by atoms with van der Waals surface area (Å²) >= 11 is 0. The van der Waals surface area contributed by atoms with Crippen molar-refractivity contribution < 1.29 is 23.4 Å². The zero-order chi connectivity index (χ0) is 13.2. The molecule has 1 aromatic rings. The minimum Gasteiger partial charge on any atom is -0.486 e. The van der Waals surface area contributed by atoms with Gasteiger partial charge in [0.25, 0.3) is 0 Å². The number of hydrogen-bond acceptors (Lipinski definition) is 4. The van der Waals surface area contributed by atoms with Gasteiger partial charge in [0.1, 0.15) is 26.5 Å². The van der Waals surface area contributed by atoms with Gasteiger partial charge in [-0.25, -0.2) is 4.39 Å². The normalized spacial score (nSPS) is 23.8. The fourth-order valence-electron chi connectivity index (χ4n) is 2.36. The summed E-state index contributed by atoms with van der Waals surface area (Å²) in [5, 5.41) is 0. The van der Waals surface area contributed by atoms with Crippen molar-refractivity contribution >= 4 is 5.97 Å². The van der Waals surface area contributed by atoms with Crippen molar-refractivity contribution in [3.8, 4) is 11.5 Å². The van der Waals surface area contributed by atoms with Crippen LogP contribution in [-0.4, -0.2) is 32.5 Å². The predicted octanol–water partition coefficient (Wildman–Crippen LogP) is 2.07. The van der Waals surface area contributed by atoms with E-state index >= 15 is 0 Å². The fourth-order valence-corrected chi connectivity index (χ4v) is 2.36. The van der Waals surface area contributed by atoms with Gasteiger partial charge in [-0.05, 0) is 30.0 Å². The molecule has 0 radical (unpaired) electrons. The van der Waals surface area contributed by atoms with E-state index < -0.39 is 6.67 Å². The average molecular weight is 266 g/mol. The number of benzene rings is 1. The second kappa shape index (κ2) is 5.07. The van der Waals surface area contributed by atoms with Crippen molar-refractivity contribution in [1.82, 2.24) is 0 Å². The zero-order valence-electron chi connectivity index (χ0n) is 10.4. The lowest BCUT2D eigenvalue weighted by Gasteiger charge is -2.18. The number of carbonyl (C=O) groups excluding carboxylic acids is 1. The van der Waals surface area contributed by atoms with Gasteiger partial charge in [0.2, 0.25) is 0 Å². The summed E-state index contributed by atoms with van der Waals surface area (Å²) in [5.41, 5.74) is 1.05. The molecule has 0 aromatic heterocycles. The Morgan fingerprint density at radius 1 is 1.32 bits per heavy atom. The first-order chi connectivity index (χ1) is 9.29. The molecule has 3 rings (SSSR count). The van der Waals surface area contributed by atoms with Crippen LogP contribution in [0.5, 0.6) is 11.5 Å². The minimum absolute atomic E-state index is 0.144. The Kier molecular flexibility index (Phi) is 3.27. The summed E-state index contributed by atoms with van der Waals surface area (Å²) in [5.74, 6) is 1.17. The van der Waals surface area contributed by atoms with Gasteiger partial charge >= 0.3 is 5.97 Å². The third-order valence-corrected chi connectivity index (χ3v) is 3.41. The molecule has 19 heavy (non-hydrogen) atoms. The summed E-state index contributed by atoms with van der Waals surface area (Å²) in [6.07, 6.45) is 0.755. The van der Waals surface area contributed by atoms with E-state index in [-0.39, 0.29) is 24.4 Å². The van der Waals surface area contributed by atoms with E-state index in [2.05, 4.69) is 0 Å². The summed E-state index contributed by atoms with van der Waals surface area (Å²) in [4.78, 5) is 11.6.